The Morgan fingerprint density at radius 2 is 2.00 bits per heavy atom. The van der Waals surface area contributed by atoms with Crippen LogP contribution >= 0.6 is 0 Å². The molecule has 0 bridgehead atoms. The molecule has 1 saturated carbocycles. The maximum atomic E-state index is 12.1. The Hall–Kier alpha value is -0.610. The van der Waals surface area contributed by atoms with Crippen molar-refractivity contribution in [2.75, 3.05) is 13.7 Å². The summed E-state index contributed by atoms with van der Waals surface area (Å²) in [6, 6.07) is 0.749. The molecule has 0 radical (unpaired) electrons. The summed E-state index contributed by atoms with van der Waals surface area (Å²) in [5.74, 6) is 0.269. The lowest BCUT2D eigenvalue weighted by Gasteiger charge is -2.33. The zero-order valence-corrected chi connectivity index (χ0v) is 11.4. The Morgan fingerprint density at radius 1 is 1.28 bits per heavy atom. The van der Waals surface area contributed by atoms with E-state index >= 15 is 0 Å². The minimum atomic E-state index is 0.269. The van der Waals surface area contributed by atoms with Crippen molar-refractivity contribution in [3.05, 3.63) is 0 Å². The lowest BCUT2D eigenvalue weighted by atomic mass is 9.91. The first-order chi connectivity index (χ1) is 8.66. The van der Waals surface area contributed by atoms with Gasteiger partial charge < -0.3 is 15.4 Å². The van der Waals surface area contributed by atoms with Crippen molar-refractivity contribution < 1.29 is 9.53 Å². The summed E-state index contributed by atoms with van der Waals surface area (Å²) >= 11 is 0. The molecule has 4 nitrogen and oxygen atoms in total. The molecule has 1 unspecified atom stereocenters. The SMILES string of the molecule is CN(C(=O)CCC1CCCO1)C1CCC(N)CC1. The van der Waals surface area contributed by atoms with E-state index in [1.807, 2.05) is 11.9 Å². The number of carbonyl (C=O) groups excluding carboxylic acids is 1. The average molecular weight is 254 g/mol. The Morgan fingerprint density at radius 3 is 2.61 bits per heavy atom. The van der Waals surface area contributed by atoms with Gasteiger partial charge in [-0.15, -0.1) is 0 Å². The number of nitrogens with zero attached hydrogens (tertiary/aromatic N) is 1. The lowest BCUT2D eigenvalue weighted by molar-refractivity contribution is -0.133. The predicted octanol–water partition coefficient (Wildman–Crippen LogP) is 1.67. The first kappa shape index (κ1) is 13.8. The topological polar surface area (TPSA) is 55.6 Å². The van der Waals surface area contributed by atoms with Crippen LogP contribution in [-0.2, 0) is 9.53 Å². The van der Waals surface area contributed by atoms with Crippen molar-refractivity contribution in [3.8, 4) is 0 Å². The van der Waals surface area contributed by atoms with Gasteiger partial charge in [-0.2, -0.15) is 0 Å². The van der Waals surface area contributed by atoms with Gasteiger partial charge in [0.1, 0.15) is 0 Å². The first-order valence-corrected chi connectivity index (χ1v) is 7.29. The standard InChI is InChI=1S/C14H26N2O2/c1-16(12-6-4-11(15)5-7-12)14(17)9-8-13-3-2-10-18-13/h11-13H,2-10,15H2,1H3. The van der Waals surface area contributed by atoms with Crippen LogP contribution in [0.3, 0.4) is 0 Å². The van der Waals surface area contributed by atoms with Crippen LogP contribution in [-0.4, -0.2) is 42.6 Å². The summed E-state index contributed by atoms with van der Waals surface area (Å²) < 4.78 is 5.56. The van der Waals surface area contributed by atoms with Gasteiger partial charge in [0.2, 0.25) is 5.91 Å². The molecule has 1 aliphatic carbocycles. The molecule has 0 spiro atoms. The zero-order valence-electron chi connectivity index (χ0n) is 11.4. The van der Waals surface area contributed by atoms with Crippen LogP contribution in [0, 0.1) is 0 Å². The summed E-state index contributed by atoms with van der Waals surface area (Å²) in [6.07, 6.45) is 8.32. The summed E-state index contributed by atoms with van der Waals surface area (Å²) in [4.78, 5) is 14.1. The monoisotopic (exact) mass is 254 g/mol. The Bertz CT molecular complexity index is 269. The minimum absolute atomic E-state index is 0.269. The van der Waals surface area contributed by atoms with Gasteiger partial charge in [-0.3, -0.25) is 4.79 Å². The second-order valence-electron chi connectivity index (χ2n) is 5.75. The van der Waals surface area contributed by atoms with Crippen LogP contribution in [0.2, 0.25) is 0 Å². The van der Waals surface area contributed by atoms with Gasteiger partial charge in [-0.25, -0.2) is 0 Å². The first-order valence-electron chi connectivity index (χ1n) is 7.29. The van der Waals surface area contributed by atoms with Gasteiger partial charge in [-0.05, 0) is 44.9 Å². The number of nitrogens with two attached hydrogens (primary N) is 1. The van der Waals surface area contributed by atoms with E-state index in [0.717, 1.165) is 51.6 Å². The molecule has 2 rings (SSSR count). The summed E-state index contributed by atoms with van der Waals surface area (Å²) in [7, 11) is 1.94. The van der Waals surface area contributed by atoms with Crippen molar-refractivity contribution >= 4 is 5.91 Å². The Kier molecular flexibility index (Phi) is 5.01. The Labute approximate surface area is 110 Å². The van der Waals surface area contributed by atoms with Crippen molar-refractivity contribution in [3.63, 3.8) is 0 Å². The number of hydrogen-bond acceptors (Lipinski definition) is 3. The molecule has 18 heavy (non-hydrogen) atoms. The van der Waals surface area contributed by atoms with Crippen molar-refractivity contribution in [1.82, 2.24) is 4.90 Å². The molecule has 2 fully saturated rings. The van der Waals surface area contributed by atoms with Crippen LogP contribution < -0.4 is 5.73 Å². The van der Waals surface area contributed by atoms with E-state index in [9.17, 15) is 4.79 Å². The fourth-order valence-electron chi connectivity index (χ4n) is 3.03. The number of hydrogen-bond donors (Lipinski definition) is 1. The summed E-state index contributed by atoms with van der Waals surface area (Å²) in [5, 5.41) is 0. The quantitative estimate of drug-likeness (QED) is 0.830. The number of rotatable bonds is 4. The van der Waals surface area contributed by atoms with E-state index in [1.165, 1.54) is 0 Å². The summed E-state index contributed by atoms with van der Waals surface area (Å²) in [6.45, 7) is 0.870. The molecule has 1 amide bonds. The molecule has 1 atom stereocenters. The maximum Gasteiger partial charge on any atom is 0.222 e. The van der Waals surface area contributed by atoms with Gasteiger partial charge in [-0.1, -0.05) is 0 Å². The molecular weight excluding hydrogens is 228 g/mol. The van der Waals surface area contributed by atoms with Gasteiger partial charge in [0.05, 0.1) is 6.10 Å². The van der Waals surface area contributed by atoms with Gasteiger partial charge >= 0.3 is 0 Å². The largest absolute Gasteiger partial charge is 0.378 e. The number of amides is 1. The average Bonchev–Trinajstić information content (AvgIpc) is 2.89. The normalized spacial score (nSPS) is 32.4. The van der Waals surface area contributed by atoms with E-state index in [-0.39, 0.29) is 5.91 Å². The van der Waals surface area contributed by atoms with E-state index in [4.69, 9.17) is 10.5 Å². The molecule has 2 N–H and O–H groups in total. The highest BCUT2D eigenvalue weighted by molar-refractivity contribution is 5.76. The molecule has 0 aromatic carbocycles. The third-order valence-electron chi connectivity index (χ3n) is 4.39. The zero-order chi connectivity index (χ0) is 13.0. The van der Waals surface area contributed by atoms with Gasteiger partial charge in [0.15, 0.2) is 0 Å². The molecule has 1 saturated heterocycles. The van der Waals surface area contributed by atoms with Crippen LogP contribution in [0.5, 0.6) is 0 Å². The fraction of sp³-hybridized carbons (Fsp3) is 0.929. The second kappa shape index (κ2) is 6.53. The van der Waals surface area contributed by atoms with Gasteiger partial charge in [0, 0.05) is 32.2 Å². The maximum absolute atomic E-state index is 12.1. The molecular formula is C14H26N2O2. The highest BCUT2D eigenvalue weighted by atomic mass is 16.5. The third kappa shape index (κ3) is 3.69. The Balaban J connectivity index is 1.70. The van der Waals surface area contributed by atoms with E-state index in [2.05, 4.69) is 0 Å². The molecule has 0 aromatic heterocycles. The minimum Gasteiger partial charge on any atom is -0.378 e. The van der Waals surface area contributed by atoms with Crippen molar-refractivity contribution in [2.24, 2.45) is 5.73 Å². The molecule has 104 valence electrons. The highest BCUT2D eigenvalue weighted by Crippen LogP contribution is 2.23. The van der Waals surface area contributed by atoms with Gasteiger partial charge in [0.25, 0.3) is 0 Å². The second-order valence-corrected chi connectivity index (χ2v) is 5.75. The van der Waals surface area contributed by atoms with E-state index < -0.39 is 0 Å². The van der Waals surface area contributed by atoms with E-state index in [1.54, 1.807) is 0 Å². The van der Waals surface area contributed by atoms with Crippen LogP contribution in [0.1, 0.15) is 51.4 Å². The molecule has 1 heterocycles. The van der Waals surface area contributed by atoms with Crippen LogP contribution in [0.25, 0.3) is 0 Å². The van der Waals surface area contributed by atoms with E-state index in [0.29, 0.717) is 24.6 Å². The third-order valence-corrected chi connectivity index (χ3v) is 4.39. The number of carbonyl (C=O) groups is 1. The van der Waals surface area contributed by atoms with Crippen molar-refractivity contribution in [1.29, 1.82) is 0 Å². The van der Waals surface area contributed by atoms with Crippen LogP contribution in [0.4, 0.5) is 0 Å². The molecule has 1 aliphatic heterocycles. The van der Waals surface area contributed by atoms with Crippen LogP contribution in [0.15, 0.2) is 0 Å². The highest BCUT2D eigenvalue weighted by Gasteiger charge is 2.25. The lowest BCUT2D eigenvalue weighted by Crippen LogP contribution is -2.42. The predicted molar refractivity (Wildman–Crippen MR) is 71.2 cm³/mol. The van der Waals surface area contributed by atoms with Crippen molar-refractivity contribution in [2.45, 2.75) is 69.6 Å². The smallest absolute Gasteiger partial charge is 0.222 e. The molecule has 0 aromatic rings. The number of ether oxygens (including phenoxy) is 1. The fourth-order valence-corrected chi connectivity index (χ4v) is 3.03. The summed E-state index contributed by atoms with van der Waals surface area (Å²) in [5.41, 5.74) is 5.89. The molecule has 4 heteroatoms. The molecule has 2 aliphatic rings.